The number of nitrogens with one attached hydrogen (secondary N) is 1. The van der Waals surface area contributed by atoms with Crippen LogP contribution in [0.15, 0.2) is 0 Å². The van der Waals surface area contributed by atoms with E-state index in [1.165, 1.54) is 14.0 Å². The Hall–Kier alpha value is -1.14. The summed E-state index contributed by atoms with van der Waals surface area (Å²) in [4.78, 5) is 23.0. The van der Waals surface area contributed by atoms with Gasteiger partial charge in [-0.25, -0.2) is 4.79 Å². The highest BCUT2D eigenvalue weighted by atomic mass is 16.5. The maximum absolute atomic E-state index is 11.9. The summed E-state index contributed by atoms with van der Waals surface area (Å²) >= 11 is 0. The monoisotopic (exact) mass is 245 g/mol. The molecule has 17 heavy (non-hydrogen) atoms. The maximum Gasteiger partial charge on any atom is 0.331 e. The summed E-state index contributed by atoms with van der Waals surface area (Å²) in [6, 6.07) is 0. The Morgan fingerprint density at radius 3 is 2.76 bits per heavy atom. The minimum Gasteiger partial charge on any atom is -0.479 e. The predicted molar refractivity (Wildman–Crippen MR) is 59.6 cm³/mol. The van der Waals surface area contributed by atoms with Crippen molar-refractivity contribution in [2.45, 2.75) is 25.3 Å². The molecule has 1 amide bonds. The van der Waals surface area contributed by atoms with E-state index in [-0.39, 0.29) is 18.4 Å². The normalized spacial score (nSPS) is 23.8. The molecule has 0 saturated carbocycles. The van der Waals surface area contributed by atoms with E-state index in [2.05, 4.69) is 5.32 Å². The van der Waals surface area contributed by atoms with Gasteiger partial charge in [0.15, 0.2) is 5.54 Å². The van der Waals surface area contributed by atoms with Gasteiger partial charge >= 0.3 is 5.97 Å². The van der Waals surface area contributed by atoms with Gasteiger partial charge in [0.1, 0.15) is 0 Å². The van der Waals surface area contributed by atoms with Crippen LogP contribution in [0.3, 0.4) is 0 Å². The highest BCUT2D eigenvalue weighted by Gasteiger charge is 2.37. The lowest BCUT2D eigenvalue weighted by molar-refractivity contribution is -0.150. The van der Waals surface area contributed by atoms with Gasteiger partial charge in [0.2, 0.25) is 5.91 Å². The minimum atomic E-state index is -1.39. The van der Waals surface area contributed by atoms with E-state index >= 15 is 0 Å². The van der Waals surface area contributed by atoms with Gasteiger partial charge in [0.05, 0.1) is 19.1 Å². The average Bonchev–Trinajstić information content (AvgIpc) is 2.30. The molecule has 1 aliphatic heterocycles. The highest BCUT2D eigenvalue weighted by molar-refractivity contribution is 5.88. The number of carboxylic acids is 1. The molecular weight excluding hydrogens is 226 g/mol. The summed E-state index contributed by atoms with van der Waals surface area (Å²) < 4.78 is 10.0. The Labute approximate surface area is 100 Å². The molecule has 6 nitrogen and oxygen atoms in total. The van der Waals surface area contributed by atoms with E-state index in [0.29, 0.717) is 13.2 Å². The molecule has 6 heteroatoms. The molecule has 2 unspecified atom stereocenters. The van der Waals surface area contributed by atoms with Crippen LogP contribution in [0.5, 0.6) is 0 Å². The van der Waals surface area contributed by atoms with Crippen molar-refractivity contribution in [3.63, 3.8) is 0 Å². The van der Waals surface area contributed by atoms with Crippen LogP contribution in [0, 0.1) is 5.92 Å². The Bertz CT molecular complexity index is 288. The molecule has 1 aliphatic rings. The second-order valence-corrected chi connectivity index (χ2v) is 4.47. The van der Waals surface area contributed by atoms with Crippen molar-refractivity contribution in [1.29, 1.82) is 0 Å². The van der Waals surface area contributed by atoms with Gasteiger partial charge in [-0.05, 0) is 19.8 Å². The van der Waals surface area contributed by atoms with E-state index in [9.17, 15) is 9.59 Å². The molecule has 0 spiro atoms. The van der Waals surface area contributed by atoms with Gasteiger partial charge in [0.25, 0.3) is 0 Å². The number of hydrogen-bond acceptors (Lipinski definition) is 4. The number of carbonyl (C=O) groups is 2. The van der Waals surface area contributed by atoms with Crippen molar-refractivity contribution >= 4 is 11.9 Å². The van der Waals surface area contributed by atoms with E-state index in [1.807, 2.05) is 0 Å². The van der Waals surface area contributed by atoms with E-state index < -0.39 is 11.5 Å². The van der Waals surface area contributed by atoms with Gasteiger partial charge in [-0.1, -0.05) is 0 Å². The zero-order chi connectivity index (χ0) is 12.9. The zero-order valence-corrected chi connectivity index (χ0v) is 10.2. The first kappa shape index (κ1) is 13.9. The first-order valence-corrected chi connectivity index (χ1v) is 5.61. The highest BCUT2D eigenvalue weighted by Crippen LogP contribution is 2.15. The van der Waals surface area contributed by atoms with Gasteiger partial charge in [-0.2, -0.15) is 0 Å². The van der Waals surface area contributed by atoms with Crippen LogP contribution in [0.2, 0.25) is 0 Å². The Balaban J connectivity index is 2.60. The van der Waals surface area contributed by atoms with Crippen molar-refractivity contribution in [3.05, 3.63) is 0 Å². The first-order chi connectivity index (χ1) is 7.99. The molecule has 2 N–H and O–H groups in total. The molecule has 1 saturated heterocycles. The molecule has 0 aromatic heterocycles. The summed E-state index contributed by atoms with van der Waals surface area (Å²) in [6.45, 7) is 2.38. The molecule has 1 fully saturated rings. The number of carboxylic acid groups (broad SMARTS) is 1. The second kappa shape index (κ2) is 5.97. The fourth-order valence-electron chi connectivity index (χ4n) is 1.76. The molecule has 0 radical (unpaired) electrons. The van der Waals surface area contributed by atoms with Crippen LogP contribution in [0.25, 0.3) is 0 Å². The van der Waals surface area contributed by atoms with Crippen LogP contribution in [0.1, 0.15) is 19.8 Å². The maximum atomic E-state index is 11.9. The molecule has 0 aliphatic carbocycles. The van der Waals surface area contributed by atoms with Gasteiger partial charge in [-0.3, -0.25) is 4.79 Å². The molecule has 0 aromatic carbocycles. The molecule has 0 aromatic rings. The third kappa shape index (κ3) is 3.67. The fourth-order valence-corrected chi connectivity index (χ4v) is 1.76. The predicted octanol–water partition coefficient (Wildman–Crippen LogP) is 0.0189. The topological polar surface area (TPSA) is 84.9 Å². The number of ether oxygens (including phenoxy) is 2. The molecular formula is C11H19NO5. The average molecular weight is 245 g/mol. The van der Waals surface area contributed by atoms with Crippen LogP contribution < -0.4 is 5.32 Å². The summed E-state index contributed by atoms with van der Waals surface area (Å²) in [5, 5.41) is 11.6. The van der Waals surface area contributed by atoms with Crippen molar-refractivity contribution < 1.29 is 24.2 Å². The second-order valence-electron chi connectivity index (χ2n) is 4.47. The standard InChI is InChI=1S/C11H19NO5/c1-11(7-16-2,10(14)15)12-9(13)8-4-3-5-17-6-8/h8H,3-7H2,1-2H3,(H,12,13)(H,14,15). The largest absolute Gasteiger partial charge is 0.479 e. The van der Waals surface area contributed by atoms with Gasteiger partial charge in [0, 0.05) is 13.7 Å². The zero-order valence-electron chi connectivity index (χ0n) is 10.2. The van der Waals surface area contributed by atoms with Crippen molar-refractivity contribution in [3.8, 4) is 0 Å². The van der Waals surface area contributed by atoms with Crippen molar-refractivity contribution in [1.82, 2.24) is 5.32 Å². The van der Waals surface area contributed by atoms with Gasteiger partial charge < -0.3 is 19.9 Å². The van der Waals surface area contributed by atoms with Crippen LogP contribution in [0.4, 0.5) is 0 Å². The van der Waals surface area contributed by atoms with Crippen LogP contribution >= 0.6 is 0 Å². The summed E-state index contributed by atoms with van der Waals surface area (Å²) in [5.74, 6) is -1.66. The Morgan fingerprint density at radius 1 is 1.59 bits per heavy atom. The molecule has 98 valence electrons. The smallest absolute Gasteiger partial charge is 0.331 e. The Morgan fingerprint density at radius 2 is 2.29 bits per heavy atom. The minimum absolute atomic E-state index is 0.0678. The van der Waals surface area contributed by atoms with Gasteiger partial charge in [-0.15, -0.1) is 0 Å². The lowest BCUT2D eigenvalue weighted by Crippen LogP contribution is -2.57. The number of amides is 1. The lowest BCUT2D eigenvalue weighted by Gasteiger charge is -2.29. The van der Waals surface area contributed by atoms with E-state index in [0.717, 1.165) is 12.8 Å². The molecule has 1 heterocycles. The number of methoxy groups -OCH3 is 1. The van der Waals surface area contributed by atoms with E-state index in [4.69, 9.17) is 14.6 Å². The number of aliphatic carboxylic acids is 1. The fraction of sp³-hybridized carbons (Fsp3) is 0.818. The Kier molecular flexibility index (Phi) is 4.89. The van der Waals surface area contributed by atoms with Crippen LogP contribution in [-0.2, 0) is 19.1 Å². The third-order valence-corrected chi connectivity index (χ3v) is 2.84. The first-order valence-electron chi connectivity index (χ1n) is 5.61. The van der Waals surface area contributed by atoms with Crippen LogP contribution in [-0.4, -0.2) is 49.5 Å². The number of rotatable bonds is 5. The van der Waals surface area contributed by atoms with Crippen molar-refractivity contribution in [2.24, 2.45) is 5.92 Å². The third-order valence-electron chi connectivity index (χ3n) is 2.84. The summed E-state index contributed by atoms with van der Waals surface area (Å²) in [5.41, 5.74) is -1.39. The molecule has 0 bridgehead atoms. The molecule has 1 rings (SSSR count). The molecule has 2 atom stereocenters. The van der Waals surface area contributed by atoms with E-state index in [1.54, 1.807) is 0 Å². The number of carbonyl (C=O) groups excluding carboxylic acids is 1. The van der Waals surface area contributed by atoms with Crippen molar-refractivity contribution in [2.75, 3.05) is 26.9 Å². The summed E-state index contributed by atoms with van der Waals surface area (Å²) in [7, 11) is 1.40. The SMILES string of the molecule is COCC(C)(NC(=O)C1CCCOC1)C(=O)O. The lowest BCUT2D eigenvalue weighted by atomic mass is 9.98. The quantitative estimate of drug-likeness (QED) is 0.713. The summed E-state index contributed by atoms with van der Waals surface area (Å²) in [6.07, 6.45) is 1.56. The number of hydrogen-bond donors (Lipinski definition) is 2.